The van der Waals surface area contributed by atoms with Gasteiger partial charge in [0.15, 0.2) is 5.82 Å². The predicted octanol–water partition coefficient (Wildman–Crippen LogP) is 15.9. The summed E-state index contributed by atoms with van der Waals surface area (Å²) < 4.78 is 2.44. The number of hydrogen-bond acceptors (Lipinski definition) is 2. The number of hydrogen-bond donors (Lipinski definition) is 0. The normalized spacial score (nSPS) is 12.7. The molecule has 0 aliphatic heterocycles. The van der Waals surface area contributed by atoms with E-state index in [4.69, 9.17) is 9.97 Å². The second kappa shape index (κ2) is 15.0. The molecule has 0 N–H and O–H groups in total. The highest BCUT2D eigenvalue weighted by Crippen LogP contribution is 2.50. The lowest BCUT2D eigenvalue weighted by Crippen LogP contribution is -2.14. The van der Waals surface area contributed by atoms with Crippen molar-refractivity contribution < 1.29 is 0 Å². The molecule has 1 aliphatic rings. The highest BCUT2D eigenvalue weighted by atomic mass is 15.0. The zero-order valence-corrected chi connectivity index (χ0v) is 35.7. The fourth-order valence-electron chi connectivity index (χ4n) is 9.96. The SMILES string of the molecule is CC1(C)c2ccccc2-c2ccc(-c3cc(-c4cccc(-c5cccc(-c6nc(-c7ccccc7)cc(-c7ccccc7)n6)c5)c4)cc(-n4c5ccccc5c5ccccc54)c3)cc21. The van der Waals surface area contributed by atoms with Crippen LogP contribution in [0.15, 0.2) is 224 Å². The summed E-state index contributed by atoms with van der Waals surface area (Å²) in [4.78, 5) is 10.3. The summed E-state index contributed by atoms with van der Waals surface area (Å²) in [5.74, 6) is 0.697. The Hall–Kier alpha value is -8.14. The fraction of sp³-hybridized carbons (Fsp3) is 0.0492. The third-order valence-electron chi connectivity index (χ3n) is 13.2. The molecule has 9 aromatic carbocycles. The molecule has 1 aliphatic carbocycles. The molecule has 3 heteroatoms. The van der Waals surface area contributed by atoms with Crippen molar-refractivity contribution in [3.05, 3.63) is 236 Å². The van der Waals surface area contributed by atoms with Crippen LogP contribution in [0.5, 0.6) is 0 Å². The minimum atomic E-state index is -0.102. The Balaban J connectivity index is 1.000. The van der Waals surface area contributed by atoms with Crippen LogP contribution in [0.4, 0.5) is 0 Å². The molecule has 0 fully saturated rings. The van der Waals surface area contributed by atoms with Gasteiger partial charge >= 0.3 is 0 Å². The van der Waals surface area contributed by atoms with Gasteiger partial charge in [0.05, 0.1) is 22.4 Å². The van der Waals surface area contributed by atoms with Crippen molar-refractivity contribution in [3.63, 3.8) is 0 Å². The molecule has 3 nitrogen and oxygen atoms in total. The average Bonchev–Trinajstić information content (AvgIpc) is 3.82. The highest BCUT2D eigenvalue weighted by molar-refractivity contribution is 6.09. The Morgan fingerprint density at radius 3 is 1.41 bits per heavy atom. The summed E-state index contributed by atoms with van der Waals surface area (Å²) in [6.07, 6.45) is 0. The van der Waals surface area contributed by atoms with Gasteiger partial charge in [0.25, 0.3) is 0 Å². The summed E-state index contributed by atoms with van der Waals surface area (Å²) >= 11 is 0. The van der Waals surface area contributed by atoms with Crippen molar-refractivity contribution in [2.75, 3.05) is 0 Å². The first kappa shape index (κ1) is 37.6. The van der Waals surface area contributed by atoms with Crippen LogP contribution in [0.2, 0.25) is 0 Å². The number of benzene rings is 9. The van der Waals surface area contributed by atoms with Gasteiger partial charge in [-0.15, -0.1) is 0 Å². The van der Waals surface area contributed by atoms with E-state index in [-0.39, 0.29) is 5.41 Å². The van der Waals surface area contributed by atoms with Gasteiger partial charge in [-0.05, 0) is 110 Å². The van der Waals surface area contributed by atoms with Crippen molar-refractivity contribution in [1.82, 2.24) is 14.5 Å². The minimum Gasteiger partial charge on any atom is -0.309 e. The minimum absolute atomic E-state index is 0.102. The van der Waals surface area contributed by atoms with Crippen LogP contribution in [0.25, 0.3) is 106 Å². The van der Waals surface area contributed by atoms with Crippen molar-refractivity contribution >= 4 is 21.8 Å². The standard InChI is InChI=1S/C61H43N3/c1-61(2)54-28-12-9-25-50(54)51-32-31-45(38-55(51)61)48-35-47(36-49(37-48)64-58-29-13-10-26-52(58)53-27-11-14-30-59(53)64)44-23-15-21-42(33-44)43-22-16-24-46(34-43)60-62-56(40-17-5-3-6-18-40)39-57(63-60)41-19-7-4-8-20-41/h3-39H,1-2H3. The number of rotatable bonds is 7. The van der Waals surface area contributed by atoms with E-state index in [2.05, 4.69) is 231 Å². The van der Waals surface area contributed by atoms with Gasteiger partial charge in [-0.25, -0.2) is 9.97 Å². The van der Waals surface area contributed by atoms with E-state index in [9.17, 15) is 0 Å². The van der Waals surface area contributed by atoms with Crippen LogP contribution < -0.4 is 0 Å². The topological polar surface area (TPSA) is 30.7 Å². The molecule has 0 radical (unpaired) electrons. The molecule has 0 saturated carbocycles. The number of aromatic nitrogens is 3. The van der Waals surface area contributed by atoms with Crippen molar-refractivity contribution in [2.45, 2.75) is 19.3 Å². The first-order valence-electron chi connectivity index (χ1n) is 22.1. The van der Waals surface area contributed by atoms with Crippen LogP contribution >= 0.6 is 0 Å². The molecule has 0 bridgehead atoms. The van der Waals surface area contributed by atoms with E-state index in [1.54, 1.807) is 0 Å². The van der Waals surface area contributed by atoms with Gasteiger partial charge in [0.2, 0.25) is 0 Å². The summed E-state index contributed by atoms with van der Waals surface area (Å²) in [6, 6.07) is 81.0. The molecule has 2 heterocycles. The van der Waals surface area contributed by atoms with E-state index in [0.717, 1.165) is 56.0 Å². The van der Waals surface area contributed by atoms with Gasteiger partial charge in [-0.2, -0.15) is 0 Å². The molecular weight excluding hydrogens is 775 g/mol. The number of nitrogens with zero attached hydrogens (tertiary/aromatic N) is 3. The van der Waals surface area contributed by atoms with E-state index in [1.807, 2.05) is 12.1 Å². The van der Waals surface area contributed by atoms with Crippen molar-refractivity contribution in [1.29, 1.82) is 0 Å². The van der Waals surface area contributed by atoms with Gasteiger partial charge in [-0.3, -0.25) is 0 Å². The smallest absolute Gasteiger partial charge is 0.160 e. The molecule has 302 valence electrons. The lowest BCUT2D eigenvalue weighted by Gasteiger charge is -2.22. The predicted molar refractivity (Wildman–Crippen MR) is 267 cm³/mol. The average molecular weight is 818 g/mol. The van der Waals surface area contributed by atoms with E-state index in [1.165, 1.54) is 55.2 Å². The lowest BCUT2D eigenvalue weighted by atomic mass is 9.81. The third-order valence-corrected chi connectivity index (χ3v) is 13.2. The zero-order valence-electron chi connectivity index (χ0n) is 35.7. The summed E-state index contributed by atoms with van der Waals surface area (Å²) in [5, 5.41) is 2.50. The van der Waals surface area contributed by atoms with Crippen LogP contribution in [0.1, 0.15) is 25.0 Å². The van der Waals surface area contributed by atoms with Crippen LogP contribution in [-0.4, -0.2) is 14.5 Å². The molecule has 0 saturated heterocycles. The van der Waals surface area contributed by atoms with Crippen LogP contribution in [0.3, 0.4) is 0 Å². The molecule has 64 heavy (non-hydrogen) atoms. The van der Waals surface area contributed by atoms with Gasteiger partial charge in [-0.1, -0.05) is 184 Å². The first-order valence-corrected chi connectivity index (χ1v) is 22.1. The maximum absolute atomic E-state index is 5.14. The van der Waals surface area contributed by atoms with Gasteiger partial charge in [0, 0.05) is 38.6 Å². The quantitative estimate of drug-likeness (QED) is 0.160. The van der Waals surface area contributed by atoms with E-state index >= 15 is 0 Å². The van der Waals surface area contributed by atoms with Crippen LogP contribution in [-0.2, 0) is 5.41 Å². The molecule has 0 unspecified atom stereocenters. The fourth-order valence-corrected chi connectivity index (χ4v) is 9.96. The Morgan fingerprint density at radius 2 is 0.781 bits per heavy atom. The van der Waals surface area contributed by atoms with Gasteiger partial charge in [0.1, 0.15) is 0 Å². The molecule has 0 amide bonds. The summed E-state index contributed by atoms with van der Waals surface area (Å²) in [5.41, 5.74) is 20.6. The summed E-state index contributed by atoms with van der Waals surface area (Å²) in [7, 11) is 0. The second-order valence-corrected chi connectivity index (χ2v) is 17.4. The van der Waals surface area contributed by atoms with E-state index in [0.29, 0.717) is 5.82 Å². The second-order valence-electron chi connectivity index (χ2n) is 17.4. The largest absolute Gasteiger partial charge is 0.309 e. The molecule has 2 aromatic heterocycles. The Kier molecular flexibility index (Phi) is 8.84. The molecule has 0 spiro atoms. The Labute approximate surface area is 373 Å². The van der Waals surface area contributed by atoms with E-state index < -0.39 is 0 Å². The highest BCUT2D eigenvalue weighted by Gasteiger charge is 2.35. The molecule has 12 rings (SSSR count). The van der Waals surface area contributed by atoms with Crippen LogP contribution in [0, 0.1) is 0 Å². The lowest BCUT2D eigenvalue weighted by molar-refractivity contribution is 0.660. The van der Waals surface area contributed by atoms with Gasteiger partial charge < -0.3 is 4.57 Å². The third kappa shape index (κ3) is 6.36. The first-order chi connectivity index (χ1) is 31.5. The summed E-state index contributed by atoms with van der Waals surface area (Å²) in [6.45, 7) is 4.71. The van der Waals surface area contributed by atoms with Crippen molar-refractivity contribution in [2.24, 2.45) is 0 Å². The maximum Gasteiger partial charge on any atom is 0.160 e. The Morgan fingerprint density at radius 1 is 0.328 bits per heavy atom. The number of fused-ring (bicyclic) bond motifs is 6. The Bertz CT molecular complexity index is 3470. The van der Waals surface area contributed by atoms with Crippen molar-refractivity contribution in [3.8, 4) is 84.1 Å². The molecule has 11 aromatic rings. The molecular formula is C61H43N3. The maximum atomic E-state index is 5.14. The number of para-hydroxylation sites is 2. The zero-order chi connectivity index (χ0) is 42.8. The monoisotopic (exact) mass is 817 g/mol. The molecule has 0 atom stereocenters.